The minimum atomic E-state index is -4.32. The Kier molecular flexibility index (Phi) is 4.50. The van der Waals surface area contributed by atoms with Crippen LogP contribution in [-0.2, 0) is 12.6 Å². The summed E-state index contributed by atoms with van der Waals surface area (Å²) in [5.41, 5.74) is 4.74. The van der Waals surface area contributed by atoms with Crippen molar-refractivity contribution in [3.05, 3.63) is 95.1 Å². The molecule has 2 atom stereocenters. The third-order valence-corrected chi connectivity index (χ3v) is 7.12. The molecule has 5 heteroatoms. The van der Waals surface area contributed by atoms with Gasteiger partial charge in [0.1, 0.15) is 0 Å². The number of nitrogens with zero attached hydrogens (tertiary/aromatic N) is 1. The lowest BCUT2D eigenvalue weighted by Gasteiger charge is -2.31. The Morgan fingerprint density at radius 3 is 2.38 bits per heavy atom. The topological polar surface area (TPSA) is 12.4 Å². The highest BCUT2D eigenvalue weighted by molar-refractivity contribution is 7.99. The highest BCUT2D eigenvalue weighted by Gasteiger charge is 2.36. The number of halogens is 3. The summed E-state index contributed by atoms with van der Waals surface area (Å²) < 4.78 is 39.1. The SMILES string of the molecule is FC(F)(F)c1ccc([C@@H]2Sc3ccccc3N=C3c4ccccc4CC[C@H]32)cc1. The zero-order valence-electron chi connectivity index (χ0n) is 15.5. The first-order valence-corrected chi connectivity index (χ1v) is 10.5. The maximum Gasteiger partial charge on any atom is 0.416 e. The third-order valence-electron chi connectivity index (χ3n) is 5.66. The normalized spacial score (nSPS) is 20.7. The fourth-order valence-corrected chi connectivity index (χ4v) is 5.62. The number of para-hydroxylation sites is 1. The molecule has 0 spiro atoms. The fraction of sp³-hybridized carbons (Fsp3) is 0.208. The summed E-state index contributed by atoms with van der Waals surface area (Å²) in [7, 11) is 0. The van der Waals surface area contributed by atoms with Crippen molar-refractivity contribution < 1.29 is 13.2 Å². The summed E-state index contributed by atoms with van der Waals surface area (Å²) in [4.78, 5) is 6.12. The Labute approximate surface area is 171 Å². The molecule has 0 radical (unpaired) electrons. The van der Waals surface area contributed by atoms with Crippen LogP contribution in [-0.4, -0.2) is 5.71 Å². The van der Waals surface area contributed by atoms with Gasteiger partial charge in [0.2, 0.25) is 0 Å². The molecule has 0 N–H and O–H groups in total. The van der Waals surface area contributed by atoms with Crippen LogP contribution >= 0.6 is 11.8 Å². The van der Waals surface area contributed by atoms with E-state index in [9.17, 15) is 13.2 Å². The van der Waals surface area contributed by atoms with E-state index in [0.29, 0.717) is 0 Å². The highest BCUT2D eigenvalue weighted by atomic mass is 32.2. The van der Waals surface area contributed by atoms with Crippen LogP contribution in [0.1, 0.15) is 33.9 Å². The molecule has 0 amide bonds. The largest absolute Gasteiger partial charge is 0.416 e. The molecule has 0 fully saturated rings. The zero-order chi connectivity index (χ0) is 20.0. The van der Waals surface area contributed by atoms with Crippen molar-refractivity contribution >= 4 is 23.2 Å². The van der Waals surface area contributed by atoms with Crippen molar-refractivity contribution in [1.29, 1.82) is 0 Å². The third kappa shape index (κ3) is 3.38. The Morgan fingerprint density at radius 1 is 0.862 bits per heavy atom. The number of alkyl halides is 3. The molecule has 1 aliphatic heterocycles. The van der Waals surface area contributed by atoms with E-state index in [1.54, 1.807) is 23.9 Å². The van der Waals surface area contributed by atoms with E-state index in [2.05, 4.69) is 12.1 Å². The molecule has 1 aliphatic carbocycles. The number of aliphatic imine (C=N–C) groups is 1. The van der Waals surface area contributed by atoms with Crippen LogP contribution in [0.15, 0.2) is 82.7 Å². The molecule has 5 rings (SSSR count). The Morgan fingerprint density at radius 2 is 1.59 bits per heavy atom. The van der Waals surface area contributed by atoms with Crippen molar-refractivity contribution in [2.24, 2.45) is 10.9 Å². The highest BCUT2D eigenvalue weighted by Crippen LogP contribution is 2.51. The van der Waals surface area contributed by atoms with Gasteiger partial charge in [0.25, 0.3) is 0 Å². The molecule has 2 aliphatic rings. The number of fused-ring (bicyclic) bond motifs is 4. The summed E-state index contributed by atoms with van der Waals surface area (Å²) in [6.45, 7) is 0. The Bertz CT molecular complexity index is 1090. The van der Waals surface area contributed by atoms with Crippen LogP contribution in [0, 0.1) is 5.92 Å². The van der Waals surface area contributed by atoms with E-state index in [0.717, 1.165) is 40.3 Å². The average molecular weight is 409 g/mol. The van der Waals surface area contributed by atoms with E-state index in [4.69, 9.17) is 4.99 Å². The Hall–Kier alpha value is -2.53. The lowest BCUT2D eigenvalue weighted by Crippen LogP contribution is -2.27. The monoisotopic (exact) mass is 409 g/mol. The lowest BCUT2D eigenvalue weighted by atomic mass is 9.78. The first kappa shape index (κ1) is 18.5. The summed E-state index contributed by atoms with van der Waals surface area (Å²) in [5, 5.41) is 0.0213. The molecule has 3 aromatic rings. The quantitative estimate of drug-likeness (QED) is 0.413. The second-order valence-electron chi connectivity index (χ2n) is 7.43. The number of hydrogen-bond acceptors (Lipinski definition) is 2. The average Bonchev–Trinajstić information content (AvgIpc) is 2.90. The summed E-state index contributed by atoms with van der Waals surface area (Å²) in [6.07, 6.45) is -2.44. The van der Waals surface area contributed by atoms with Crippen LogP contribution in [0.3, 0.4) is 0 Å². The van der Waals surface area contributed by atoms with Gasteiger partial charge in [-0.1, -0.05) is 48.5 Å². The number of thioether (sulfide) groups is 1. The van der Waals surface area contributed by atoms with E-state index >= 15 is 0 Å². The predicted molar refractivity (Wildman–Crippen MR) is 111 cm³/mol. The van der Waals surface area contributed by atoms with Gasteiger partial charge in [-0.15, -0.1) is 11.8 Å². The molecule has 3 aromatic carbocycles. The molecule has 0 unspecified atom stereocenters. The minimum absolute atomic E-state index is 0.0213. The fourth-order valence-electron chi connectivity index (χ4n) is 4.23. The van der Waals surface area contributed by atoms with E-state index in [1.807, 2.05) is 36.4 Å². The van der Waals surface area contributed by atoms with Gasteiger partial charge in [-0.05, 0) is 53.8 Å². The summed E-state index contributed by atoms with van der Waals surface area (Å²) >= 11 is 1.71. The van der Waals surface area contributed by atoms with Crippen LogP contribution in [0.25, 0.3) is 0 Å². The second-order valence-corrected chi connectivity index (χ2v) is 8.61. The van der Waals surface area contributed by atoms with Gasteiger partial charge < -0.3 is 0 Å². The molecular weight excluding hydrogens is 391 g/mol. The number of hydrogen-bond donors (Lipinski definition) is 0. The van der Waals surface area contributed by atoms with Crippen molar-refractivity contribution in [2.75, 3.05) is 0 Å². The molecule has 0 saturated carbocycles. The summed E-state index contributed by atoms with van der Waals surface area (Å²) in [5.74, 6) is 0.152. The van der Waals surface area contributed by atoms with Gasteiger partial charge in [0.05, 0.1) is 17.0 Å². The zero-order valence-corrected chi connectivity index (χ0v) is 16.3. The van der Waals surface area contributed by atoms with Crippen LogP contribution in [0.4, 0.5) is 18.9 Å². The molecule has 29 heavy (non-hydrogen) atoms. The molecule has 0 aromatic heterocycles. The number of rotatable bonds is 1. The van der Waals surface area contributed by atoms with Gasteiger partial charge in [-0.25, -0.2) is 0 Å². The maximum absolute atomic E-state index is 13.0. The van der Waals surface area contributed by atoms with Crippen molar-refractivity contribution in [3.63, 3.8) is 0 Å². The summed E-state index contributed by atoms with van der Waals surface area (Å²) in [6, 6.07) is 22.0. The van der Waals surface area contributed by atoms with E-state index < -0.39 is 11.7 Å². The molecule has 1 heterocycles. The van der Waals surface area contributed by atoms with E-state index in [-0.39, 0.29) is 11.2 Å². The first-order chi connectivity index (χ1) is 14.0. The molecule has 0 saturated heterocycles. The first-order valence-electron chi connectivity index (χ1n) is 9.60. The van der Waals surface area contributed by atoms with Gasteiger partial charge >= 0.3 is 6.18 Å². The second kappa shape index (κ2) is 7.06. The smallest absolute Gasteiger partial charge is 0.251 e. The van der Waals surface area contributed by atoms with Gasteiger partial charge in [-0.2, -0.15) is 13.2 Å². The molecule has 146 valence electrons. The van der Waals surface area contributed by atoms with E-state index in [1.165, 1.54) is 17.7 Å². The standard InChI is InChI=1S/C24H18F3NS/c25-24(26,27)17-12-9-16(10-13-17)23-19-14-11-15-5-1-2-6-18(15)22(19)28-20-7-3-4-8-21(20)29-23/h1-10,12-13,19,23H,11,14H2/t19-,23+/m1/s1. The number of benzene rings is 3. The van der Waals surface area contributed by atoms with Gasteiger partial charge in [0.15, 0.2) is 0 Å². The minimum Gasteiger partial charge on any atom is -0.251 e. The van der Waals surface area contributed by atoms with Crippen LogP contribution < -0.4 is 0 Å². The maximum atomic E-state index is 13.0. The van der Waals surface area contributed by atoms with Crippen molar-refractivity contribution in [2.45, 2.75) is 29.2 Å². The molecule has 0 bridgehead atoms. The van der Waals surface area contributed by atoms with Crippen molar-refractivity contribution in [3.8, 4) is 0 Å². The molecular formula is C24H18F3NS. The van der Waals surface area contributed by atoms with Crippen molar-refractivity contribution in [1.82, 2.24) is 0 Å². The van der Waals surface area contributed by atoms with Gasteiger partial charge in [-0.3, -0.25) is 4.99 Å². The van der Waals surface area contributed by atoms with Crippen LogP contribution in [0.2, 0.25) is 0 Å². The Balaban J connectivity index is 1.63. The number of aryl methyl sites for hydroxylation is 1. The van der Waals surface area contributed by atoms with Crippen LogP contribution in [0.5, 0.6) is 0 Å². The lowest BCUT2D eigenvalue weighted by molar-refractivity contribution is -0.137. The van der Waals surface area contributed by atoms with Gasteiger partial charge in [0, 0.05) is 16.1 Å². The predicted octanol–water partition coefficient (Wildman–Crippen LogP) is 7.24. The molecule has 1 nitrogen and oxygen atoms in total.